The molecule has 0 spiro atoms. The van der Waals surface area contributed by atoms with Gasteiger partial charge in [-0.15, -0.1) is 0 Å². The van der Waals surface area contributed by atoms with Crippen LogP contribution in [0.2, 0.25) is 0 Å². The van der Waals surface area contributed by atoms with Gasteiger partial charge in [0.05, 0.1) is 17.1 Å². The Balaban J connectivity index is 2.05. The highest BCUT2D eigenvalue weighted by atomic mass is 16.2. The molecule has 1 aliphatic rings. The molecule has 2 aromatic rings. The summed E-state index contributed by atoms with van der Waals surface area (Å²) in [5, 5.41) is 9.94. The highest BCUT2D eigenvalue weighted by Crippen LogP contribution is 2.23. The number of nitriles is 1. The van der Waals surface area contributed by atoms with Gasteiger partial charge >= 0.3 is 0 Å². The molecule has 1 aliphatic heterocycles. The number of nitrogens with zero attached hydrogens (tertiary/aromatic N) is 3. The molecule has 4 heteroatoms. The Morgan fingerprint density at radius 2 is 2.21 bits per heavy atom. The third-order valence-electron chi connectivity index (χ3n) is 3.54. The van der Waals surface area contributed by atoms with E-state index in [9.17, 15) is 4.79 Å². The van der Waals surface area contributed by atoms with Crippen molar-refractivity contribution in [3.8, 4) is 6.07 Å². The number of hydrogen-bond acceptors (Lipinski definition) is 3. The zero-order valence-electron chi connectivity index (χ0n) is 10.4. The molecule has 0 saturated carbocycles. The average molecular weight is 251 g/mol. The van der Waals surface area contributed by atoms with Crippen molar-refractivity contribution in [3.63, 3.8) is 0 Å². The van der Waals surface area contributed by atoms with Gasteiger partial charge in [-0.25, -0.2) is 0 Å². The fourth-order valence-corrected chi connectivity index (χ4v) is 2.58. The number of carbonyl (C=O) groups excluding carboxylic acids is 1. The highest BCUT2D eigenvalue weighted by molar-refractivity contribution is 6.06. The number of carbonyl (C=O) groups is 1. The quantitative estimate of drug-likeness (QED) is 0.781. The Labute approximate surface area is 111 Å². The number of benzene rings is 1. The monoisotopic (exact) mass is 251 g/mol. The zero-order chi connectivity index (χ0) is 13.2. The van der Waals surface area contributed by atoms with Gasteiger partial charge < -0.3 is 4.90 Å². The average Bonchev–Trinajstić information content (AvgIpc) is 2.94. The van der Waals surface area contributed by atoms with Crippen LogP contribution in [-0.2, 0) is 0 Å². The zero-order valence-corrected chi connectivity index (χ0v) is 10.4. The first kappa shape index (κ1) is 11.7. The molecule has 1 fully saturated rings. The number of rotatable bonds is 1. The second-order valence-corrected chi connectivity index (χ2v) is 4.66. The van der Waals surface area contributed by atoms with E-state index >= 15 is 0 Å². The van der Waals surface area contributed by atoms with E-state index in [0.29, 0.717) is 12.1 Å². The van der Waals surface area contributed by atoms with E-state index in [1.165, 1.54) is 0 Å². The van der Waals surface area contributed by atoms with Gasteiger partial charge in [-0.2, -0.15) is 5.26 Å². The van der Waals surface area contributed by atoms with Crippen LogP contribution in [0, 0.1) is 11.3 Å². The molecule has 4 nitrogen and oxygen atoms in total. The van der Waals surface area contributed by atoms with Gasteiger partial charge in [-0.1, -0.05) is 18.2 Å². The molecule has 1 aromatic carbocycles. The van der Waals surface area contributed by atoms with E-state index in [1.54, 1.807) is 17.2 Å². The summed E-state index contributed by atoms with van der Waals surface area (Å²) < 4.78 is 0. The van der Waals surface area contributed by atoms with E-state index < -0.39 is 0 Å². The van der Waals surface area contributed by atoms with Crippen LogP contribution in [0.15, 0.2) is 36.5 Å². The second-order valence-electron chi connectivity index (χ2n) is 4.66. The molecule has 1 amide bonds. The van der Waals surface area contributed by atoms with Gasteiger partial charge in [-0.05, 0) is 25.0 Å². The first-order valence-corrected chi connectivity index (χ1v) is 6.35. The van der Waals surface area contributed by atoms with Crippen molar-refractivity contribution in [2.75, 3.05) is 6.54 Å². The summed E-state index contributed by atoms with van der Waals surface area (Å²) >= 11 is 0. The fourth-order valence-electron chi connectivity index (χ4n) is 2.58. The largest absolute Gasteiger partial charge is 0.323 e. The smallest absolute Gasteiger partial charge is 0.255 e. The lowest BCUT2D eigenvalue weighted by Crippen LogP contribution is -2.34. The Bertz CT molecular complexity index is 669. The topological polar surface area (TPSA) is 57.0 Å². The first-order valence-electron chi connectivity index (χ1n) is 6.35. The number of fused-ring (bicyclic) bond motifs is 1. The SMILES string of the molecule is N#CC1CCCN1C(=O)c1ccnc2ccccc12. The standard InChI is InChI=1S/C15H13N3O/c16-10-11-4-3-9-18(11)15(19)13-7-8-17-14-6-2-1-5-12(13)14/h1-2,5-8,11H,3-4,9H2. The fraction of sp³-hybridized carbons (Fsp3) is 0.267. The van der Waals surface area contributed by atoms with Crippen LogP contribution in [0.4, 0.5) is 0 Å². The van der Waals surface area contributed by atoms with Crippen LogP contribution in [0.5, 0.6) is 0 Å². The minimum Gasteiger partial charge on any atom is -0.323 e. The van der Waals surface area contributed by atoms with Crippen LogP contribution in [0.1, 0.15) is 23.2 Å². The summed E-state index contributed by atoms with van der Waals surface area (Å²) in [5.41, 5.74) is 1.44. The maximum Gasteiger partial charge on any atom is 0.255 e. The minimum atomic E-state index is -0.292. The van der Waals surface area contributed by atoms with Gasteiger partial charge in [0.15, 0.2) is 0 Å². The number of hydrogen-bond donors (Lipinski definition) is 0. The molecule has 1 unspecified atom stereocenters. The van der Waals surface area contributed by atoms with Gasteiger partial charge in [0, 0.05) is 18.1 Å². The van der Waals surface area contributed by atoms with Crippen LogP contribution in [-0.4, -0.2) is 28.4 Å². The lowest BCUT2D eigenvalue weighted by molar-refractivity contribution is 0.0767. The molecular weight excluding hydrogens is 238 g/mol. The predicted octanol–water partition coefficient (Wildman–Crippen LogP) is 2.36. The lowest BCUT2D eigenvalue weighted by atomic mass is 10.1. The molecule has 3 rings (SSSR count). The molecular formula is C15H13N3O. The van der Waals surface area contributed by atoms with E-state index in [2.05, 4.69) is 11.1 Å². The first-order chi connectivity index (χ1) is 9.31. The summed E-state index contributed by atoms with van der Waals surface area (Å²) in [7, 11) is 0. The van der Waals surface area contributed by atoms with E-state index in [4.69, 9.17) is 5.26 Å². The summed E-state index contributed by atoms with van der Waals surface area (Å²) in [6.07, 6.45) is 3.31. The summed E-state index contributed by atoms with van der Waals surface area (Å²) in [4.78, 5) is 18.5. The molecule has 1 aromatic heterocycles. The van der Waals surface area contributed by atoms with Crippen molar-refractivity contribution in [1.29, 1.82) is 5.26 Å². The molecule has 2 heterocycles. The Hall–Kier alpha value is -2.41. The molecule has 1 atom stereocenters. The van der Waals surface area contributed by atoms with E-state index in [0.717, 1.165) is 23.7 Å². The normalized spacial score (nSPS) is 18.5. The Morgan fingerprint density at radius 1 is 1.37 bits per heavy atom. The number of amides is 1. The number of likely N-dealkylation sites (tertiary alicyclic amines) is 1. The van der Waals surface area contributed by atoms with E-state index in [-0.39, 0.29) is 11.9 Å². The maximum atomic E-state index is 12.6. The highest BCUT2D eigenvalue weighted by Gasteiger charge is 2.29. The van der Waals surface area contributed by atoms with Crippen molar-refractivity contribution in [2.45, 2.75) is 18.9 Å². The summed E-state index contributed by atoms with van der Waals surface area (Å²) in [5.74, 6) is -0.0670. The van der Waals surface area contributed by atoms with Gasteiger partial charge in [0.2, 0.25) is 0 Å². The van der Waals surface area contributed by atoms with Crippen LogP contribution in [0.3, 0.4) is 0 Å². The van der Waals surface area contributed by atoms with Crippen molar-refractivity contribution < 1.29 is 4.79 Å². The number of para-hydroxylation sites is 1. The van der Waals surface area contributed by atoms with Gasteiger partial charge in [0.1, 0.15) is 6.04 Å². The van der Waals surface area contributed by atoms with Crippen molar-refractivity contribution in [1.82, 2.24) is 9.88 Å². The van der Waals surface area contributed by atoms with Gasteiger partial charge in [0.25, 0.3) is 5.91 Å². The molecule has 0 aliphatic carbocycles. The van der Waals surface area contributed by atoms with Crippen molar-refractivity contribution in [2.24, 2.45) is 0 Å². The lowest BCUT2D eigenvalue weighted by Gasteiger charge is -2.20. The van der Waals surface area contributed by atoms with Gasteiger partial charge in [-0.3, -0.25) is 9.78 Å². The predicted molar refractivity (Wildman–Crippen MR) is 71.4 cm³/mol. The molecule has 0 radical (unpaired) electrons. The van der Waals surface area contributed by atoms with Crippen LogP contribution >= 0.6 is 0 Å². The third kappa shape index (κ3) is 1.93. The van der Waals surface area contributed by atoms with E-state index in [1.807, 2.05) is 24.3 Å². The van der Waals surface area contributed by atoms with Crippen molar-refractivity contribution in [3.05, 3.63) is 42.1 Å². The minimum absolute atomic E-state index is 0.0670. The number of pyridine rings is 1. The summed E-state index contributed by atoms with van der Waals surface area (Å²) in [6, 6.07) is 11.2. The van der Waals surface area contributed by atoms with Crippen molar-refractivity contribution >= 4 is 16.8 Å². The Kier molecular flexibility index (Phi) is 2.88. The van der Waals surface area contributed by atoms with Crippen LogP contribution < -0.4 is 0 Å². The second kappa shape index (κ2) is 4.69. The maximum absolute atomic E-state index is 12.6. The Morgan fingerprint density at radius 3 is 3.05 bits per heavy atom. The molecule has 19 heavy (non-hydrogen) atoms. The molecule has 0 N–H and O–H groups in total. The third-order valence-corrected chi connectivity index (χ3v) is 3.54. The van der Waals surface area contributed by atoms with Crippen LogP contribution in [0.25, 0.3) is 10.9 Å². The number of aromatic nitrogens is 1. The summed E-state index contributed by atoms with van der Waals surface area (Å²) in [6.45, 7) is 0.660. The molecule has 1 saturated heterocycles. The molecule has 0 bridgehead atoms. The molecule has 94 valence electrons.